The molecule has 0 aliphatic rings. The Morgan fingerprint density at radius 3 is 1.11 bits per heavy atom. The van der Waals surface area contributed by atoms with Crippen molar-refractivity contribution in [3.8, 4) is 11.5 Å². The zero-order valence-electron chi connectivity index (χ0n) is 22.7. The lowest BCUT2D eigenvalue weighted by Crippen LogP contribution is -2.16. The lowest BCUT2D eigenvalue weighted by atomic mass is 10.0. The molecule has 0 N–H and O–H groups in total. The summed E-state index contributed by atoms with van der Waals surface area (Å²) in [6.45, 7) is 0. The monoisotopic (exact) mass is 602 g/mol. The highest BCUT2D eigenvalue weighted by molar-refractivity contribution is 5.69. The Hall–Kier alpha value is -6.25. The van der Waals surface area contributed by atoms with Crippen LogP contribution in [0.25, 0.3) is 0 Å². The van der Waals surface area contributed by atoms with Crippen molar-refractivity contribution in [2.45, 2.75) is 25.7 Å². The Bertz CT molecular complexity index is 1610. The molecule has 0 aliphatic heterocycles. The molecule has 0 saturated carbocycles. The van der Waals surface area contributed by atoms with Gasteiger partial charge < -0.3 is 9.47 Å². The van der Waals surface area contributed by atoms with E-state index >= 15 is 0 Å². The Morgan fingerprint density at radius 1 is 0.477 bits per heavy atom. The van der Waals surface area contributed by atoms with Crippen molar-refractivity contribution in [3.05, 3.63) is 148 Å². The highest BCUT2D eigenvalue weighted by atomic mass is 16.7. The molecule has 0 saturated heterocycles. The summed E-state index contributed by atoms with van der Waals surface area (Å²) < 4.78 is 10.8. The van der Waals surface area contributed by atoms with Gasteiger partial charge in [0.15, 0.2) is 0 Å². The standard InChI is InChI=1S/C29H22N4O11/c34-29(43-27-15-13-25(32(39)40)17-21(27)7-1-19-3-9-23(10-4-19)30(35)36)44-28-16-14-26(33(41)42)18-22(28)8-2-20-5-11-24(12-6-20)31(37)38/h3-6,9-18H,1-2,7-8H2. The summed E-state index contributed by atoms with van der Waals surface area (Å²) in [4.78, 5) is 55.1. The molecular formula is C29H22N4O11. The second-order valence-corrected chi connectivity index (χ2v) is 9.40. The van der Waals surface area contributed by atoms with Crippen molar-refractivity contribution in [3.63, 3.8) is 0 Å². The molecule has 224 valence electrons. The number of benzene rings is 4. The van der Waals surface area contributed by atoms with Crippen LogP contribution in [0, 0.1) is 40.5 Å². The molecule has 0 aromatic heterocycles. The normalized spacial score (nSPS) is 10.5. The van der Waals surface area contributed by atoms with Gasteiger partial charge in [-0.1, -0.05) is 24.3 Å². The van der Waals surface area contributed by atoms with E-state index in [2.05, 4.69) is 0 Å². The minimum absolute atomic E-state index is 0.0168. The molecule has 0 fully saturated rings. The molecule has 4 rings (SSSR count). The number of ether oxygens (including phenoxy) is 2. The van der Waals surface area contributed by atoms with E-state index in [1.165, 1.54) is 48.5 Å². The number of carbonyl (C=O) groups excluding carboxylic acids is 1. The number of hydrogen-bond acceptors (Lipinski definition) is 11. The van der Waals surface area contributed by atoms with Gasteiger partial charge in [0.05, 0.1) is 19.7 Å². The molecule has 0 unspecified atom stereocenters. The van der Waals surface area contributed by atoms with Crippen LogP contribution in [0.2, 0.25) is 0 Å². The highest BCUT2D eigenvalue weighted by Crippen LogP contribution is 2.29. The highest BCUT2D eigenvalue weighted by Gasteiger charge is 2.19. The summed E-state index contributed by atoms with van der Waals surface area (Å²) in [5.74, 6) is -0.0336. The second-order valence-electron chi connectivity index (χ2n) is 9.40. The first-order valence-corrected chi connectivity index (χ1v) is 12.9. The largest absolute Gasteiger partial charge is 0.519 e. The first-order valence-electron chi connectivity index (χ1n) is 12.9. The van der Waals surface area contributed by atoms with Crippen molar-refractivity contribution in [1.29, 1.82) is 0 Å². The Morgan fingerprint density at radius 2 is 0.795 bits per heavy atom. The molecule has 4 aromatic rings. The van der Waals surface area contributed by atoms with Crippen LogP contribution in [0.1, 0.15) is 22.3 Å². The van der Waals surface area contributed by atoms with Crippen LogP contribution in [0.4, 0.5) is 27.5 Å². The van der Waals surface area contributed by atoms with Gasteiger partial charge in [-0.3, -0.25) is 40.5 Å². The molecule has 44 heavy (non-hydrogen) atoms. The number of rotatable bonds is 12. The molecule has 0 heterocycles. The van der Waals surface area contributed by atoms with E-state index in [0.717, 1.165) is 12.1 Å². The predicted octanol–water partition coefficient (Wildman–Crippen LogP) is 6.47. The maximum atomic E-state index is 12.8. The maximum Gasteiger partial charge on any atom is 0.519 e. The van der Waals surface area contributed by atoms with Gasteiger partial charge in [0.25, 0.3) is 22.7 Å². The van der Waals surface area contributed by atoms with Crippen molar-refractivity contribution in [2.75, 3.05) is 0 Å². The van der Waals surface area contributed by atoms with Crippen LogP contribution >= 0.6 is 0 Å². The van der Waals surface area contributed by atoms with E-state index in [4.69, 9.17) is 9.47 Å². The topological polar surface area (TPSA) is 208 Å². The van der Waals surface area contributed by atoms with Crippen LogP contribution in [0.5, 0.6) is 11.5 Å². The number of nitrogens with zero attached hydrogens (tertiary/aromatic N) is 4. The first kappa shape index (κ1) is 30.7. The van der Waals surface area contributed by atoms with Crippen molar-refractivity contribution >= 4 is 28.9 Å². The Kier molecular flexibility index (Phi) is 9.50. The molecule has 0 radical (unpaired) electrons. The fourth-order valence-corrected chi connectivity index (χ4v) is 4.28. The summed E-state index contributed by atoms with van der Waals surface area (Å²) >= 11 is 0. The van der Waals surface area contributed by atoms with Crippen LogP contribution in [0.3, 0.4) is 0 Å². The van der Waals surface area contributed by atoms with Crippen LogP contribution in [-0.2, 0) is 25.7 Å². The summed E-state index contributed by atoms with van der Waals surface area (Å²) in [7, 11) is 0. The third-order valence-electron chi connectivity index (χ3n) is 6.56. The van der Waals surface area contributed by atoms with Crippen molar-refractivity contribution in [1.82, 2.24) is 0 Å². The molecule has 15 nitrogen and oxygen atoms in total. The number of nitro groups is 4. The molecule has 15 heteroatoms. The van der Waals surface area contributed by atoms with E-state index in [1.54, 1.807) is 24.3 Å². The van der Waals surface area contributed by atoms with E-state index in [0.29, 0.717) is 35.1 Å². The number of hydrogen-bond donors (Lipinski definition) is 0. The molecule has 0 aliphatic carbocycles. The first-order chi connectivity index (χ1) is 21.0. The van der Waals surface area contributed by atoms with E-state index in [1.807, 2.05) is 0 Å². The van der Waals surface area contributed by atoms with Gasteiger partial charge in [0.1, 0.15) is 11.5 Å². The average molecular weight is 603 g/mol. The number of nitro benzene ring substituents is 4. The van der Waals surface area contributed by atoms with Crippen molar-refractivity contribution < 1.29 is 34.0 Å². The summed E-state index contributed by atoms with van der Waals surface area (Å²) in [6, 6.07) is 18.8. The van der Waals surface area contributed by atoms with Gasteiger partial charge in [0.2, 0.25) is 0 Å². The third kappa shape index (κ3) is 7.94. The lowest BCUT2D eigenvalue weighted by molar-refractivity contribution is -0.385. The van der Waals surface area contributed by atoms with Crippen molar-refractivity contribution in [2.24, 2.45) is 0 Å². The zero-order chi connectivity index (χ0) is 31.8. The van der Waals surface area contributed by atoms with Gasteiger partial charge >= 0.3 is 6.16 Å². The quantitative estimate of drug-likeness (QED) is 0.0742. The van der Waals surface area contributed by atoms with Gasteiger partial charge in [-0.2, -0.15) is 0 Å². The average Bonchev–Trinajstić information content (AvgIpc) is 3.00. The van der Waals surface area contributed by atoms with Gasteiger partial charge in [-0.05, 0) is 48.9 Å². The molecule has 0 bridgehead atoms. The Balaban J connectivity index is 1.51. The van der Waals surface area contributed by atoms with E-state index in [9.17, 15) is 45.3 Å². The minimum Gasteiger partial charge on any atom is -0.394 e. The molecule has 0 amide bonds. The summed E-state index contributed by atoms with van der Waals surface area (Å²) in [6.07, 6.45) is -0.194. The number of non-ortho nitro benzene ring substituents is 4. The number of carbonyl (C=O) groups is 1. The molecule has 0 spiro atoms. The fourth-order valence-electron chi connectivity index (χ4n) is 4.28. The van der Waals surface area contributed by atoms with Crippen LogP contribution in [-0.4, -0.2) is 25.8 Å². The van der Waals surface area contributed by atoms with E-state index < -0.39 is 25.8 Å². The SMILES string of the molecule is O=C(Oc1ccc([N+](=O)[O-])cc1CCc1ccc([N+](=O)[O-])cc1)Oc1ccc([N+](=O)[O-])cc1CCc1ccc([N+](=O)[O-])cc1. The van der Waals surface area contributed by atoms with Gasteiger partial charge in [-0.25, -0.2) is 4.79 Å². The van der Waals surface area contributed by atoms with Crippen LogP contribution in [0.15, 0.2) is 84.9 Å². The summed E-state index contributed by atoms with van der Waals surface area (Å²) in [5.41, 5.74) is 1.36. The van der Waals surface area contributed by atoms with Crippen LogP contribution < -0.4 is 9.47 Å². The van der Waals surface area contributed by atoms with E-state index in [-0.39, 0.29) is 47.1 Å². The summed E-state index contributed by atoms with van der Waals surface area (Å²) in [5, 5.41) is 44.5. The van der Waals surface area contributed by atoms with Gasteiger partial charge in [-0.15, -0.1) is 0 Å². The maximum absolute atomic E-state index is 12.8. The smallest absolute Gasteiger partial charge is 0.394 e. The molecule has 4 aromatic carbocycles. The molecule has 0 atom stereocenters. The predicted molar refractivity (Wildman–Crippen MR) is 154 cm³/mol. The van der Waals surface area contributed by atoms with Gasteiger partial charge in [0, 0.05) is 59.7 Å². The third-order valence-corrected chi connectivity index (χ3v) is 6.56. The Labute approximate surface area is 247 Å². The second kappa shape index (κ2) is 13.6. The number of aryl methyl sites for hydroxylation is 4. The zero-order valence-corrected chi connectivity index (χ0v) is 22.7. The lowest BCUT2D eigenvalue weighted by Gasteiger charge is -2.13. The minimum atomic E-state index is -1.19. The molecular weight excluding hydrogens is 580 g/mol. The fraction of sp³-hybridized carbons (Fsp3) is 0.138.